The van der Waals surface area contributed by atoms with Crippen LogP contribution in [-0.4, -0.2) is 62.7 Å². The van der Waals surface area contributed by atoms with Crippen molar-refractivity contribution in [3.63, 3.8) is 0 Å². The Labute approximate surface area is 193 Å². The number of nitrogens with zero attached hydrogens (tertiary/aromatic N) is 2. The lowest BCUT2D eigenvalue weighted by Crippen LogP contribution is -2.47. The molecule has 1 heterocycles. The number of benzene rings is 2. The van der Waals surface area contributed by atoms with Crippen molar-refractivity contribution < 1.29 is 23.4 Å². The zero-order chi connectivity index (χ0) is 23.1. The van der Waals surface area contributed by atoms with Crippen LogP contribution in [-0.2, 0) is 11.3 Å². The molecule has 1 aliphatic heterocycles. The lowest BCUT2D eigenvalue weighted by Gasteiger charge is -2.34. The van der Waals surface area contributed by atoms with Gasteiger partial charge in [-0.25, -0.2) is 4.39 Å². The molecular weight excluding hydrogens is 435 g/mol. The number of amides is 1. The van der Waals surface area contributed by atoms with E-state index in [-0.39, 0.29) is 17.5 Å². The zero-order valence-corrected chi connectivity index (χ0v) is 19.3. The highest BCUT2D eigenvalue weighted by molar-refractivity contribution is 6.32. The summed E-state index contributed by atoms with van der Waals surface area (Å²) < 4.78 is 29.7. The molecule has 0 aliphatic carbocycles. The summed E-state index contributed by atoms with van der Waals surface area (Å²) in [5, 5.41) is 0.432. The maximum absolute atomic E-state index is 13.9. The van der Waals surface area contributed by atoms with Crippen molar-refractivity contribution in [1.82, 2.24) is 9.80 Å². The van der Waals surface area contributed by atoms with Gasteiger partial charge in [0.2, 0.25) is 5.91 Å². The molecule has 1 aliphatic rings. The van der Waals surface area contributed by atoms with Crippen LogP contribution in [0.1, 0.15) is 18.1 Å². The van der Waals surface area contributed by atoms with Gasteiger partial charge in [0.15, 0.2) is 23.1 Å². The minimum atomic E-state index is -0.366. The zero-order valence-electron chi connectivity index (χ0n) is 18.6. The Morgan fingerprint density at radius 3 is 2.44 bits per heavy atom. The van der Waals surface area contributed by atoms with Crippen molar-refractivity contribution in [1.29, 1.82) is 0 Å². The molecular formula is C24H28ClFN2O4. The Morgan fingerprint density at radius 2 is 1.81 bits per heavy atom. The van der Waals surface area contributed by atoms with Crippen molar-refractivity contribution in [3.8, 4) is 17.2 Å². The first-order valence-corrected chi connectivity index (χ1v) is 10.8. The van der Waals surface area contributed by atoms with Gasteiger partial charge in [-0.3, -0.25) is 9.69 Å². The molecule has 0 radical (unpaired) electrons. The third-order valence-corrected chi connectivity index (χ3v) is 5.55. The highest BCUT2D eigenvalue weighted by atomic mass is 35.5. The molecule has 0 atom stereocenters. The lowest BCUT2D eigenvalue weighted by atomic mass is 10.1. The van der Waals surface area contributed by atoms with Crippen LogP contribution >= 0.6 is 11.6 Å². The Kier molecular flexibility index (Phi) is 8.36. The van der Waals surface area contributed by atoms with E-state index in [2.05, 4.69) is 4.90 Å². The van der Waals surface area contributed by atoms with Gasteiger partial charge in [-0.2, -0.15) is 0 Å². The van der Waals surface area contributed by atoms with Gasteiger partial charge in [0.25, 0.3) is 0 Å². The summed E-state index contributed by atoms with van der Waals surface area (Å²) in [6.07, 6.45) is 3.26. The van der Waals surface area contributed by atoms with E-state index in [4.69, 9.17) is 25.8 Å². The van der Waals surface area contributed by atoms with E-state index in [0.29, 0.717) is 42.8 Å². The van der Waals surface area contributed by atoms with Crippen molar-refractivity contribution in [2.75, 3.05) is 47.0 Å². The van der Waals surface area contributed by atoms with Crippen LogP contribution in [0.15, 0.2) is 36.4 Å². The maximum Gasteiger partial charge on any atom is 0.246 e. The van der Waals surface area contributed by atoms with Gasteiger partial charge < -0.3 is 19.1 Å². The van der Waals surface area contributed by atoms with Crippen molar-refractivity contribution >= 4 is 23.6 Å². The minimum Gasteiger partial charge on any atom is -0.494 e. The molecule has 1 amide bonds. The number of hydrogen-bond acceptors (Lipinski definition) is 5. The van der Waals surface area contributed by atoms with Crippen LogP contribution < -0.4 is 14.2 Å². The molecule has 2 aromatic rings. The Bertz CT molecular complexity index is 975. The van der Waals surface area contributed by atoms with Crippen LogP contribution in [0.3, 0.4) is 0 Å². The number of ether oxygens (including phenoxy) is 3. The molecule has 1 fully saturated rings. The van der Waals surface area contributed by atoms with Crippen LogP contribution in [0.25, 0.3) is 6.08 Å². The highest BCUT2D eigenvalue weighted by Crippen LogP contribution is 2.36. The quantitative estimate of drug-likeness (QED) is 0.549. The summed E-state index contributed by atoms with van der Waals surface area (Å²) in [5.74, 6) is 0.824. The third kappa shape index (κ3) is 5.93. The number of rotatable bonds is 8. The molecule has 172 valence electrons. The molecule has 32 heavy (non-hydrogen) atoms. The average Bonchev–Trinajstić information content (AvgIpc) is 2.79. The number of carbonyl (C=O) groups is 1. The van der Waals surface area contributed by atoms with Crippen molar-refractivity contribution in [2.24, 2.45) is 0 Å². The van der Waals surface area contributed by atoms with Gasteiger partial charge in [0.1, 0.15) is 0 Å². The number of halogens is 2. The summed E-state index contributed by atoms with van der Waals surface area (Å²) >= 11 is 6.30. The number of carbonyl (C=O) groups excluding carboxylic acids is 1. The molecule has 3 rings (SSSR count). The second-order valence-corrected chi connectivity index (χ2v) is 7.78. The topological polar surface area (TPSA) is 51.2 Å². The highest BCUT2D eigenvalue weighted by Gasteiger charge is 2.20. The minimum absolute atomic E-state index is 0.0656. The maximum atomic E-state index is 13.9. The number of methoxy groups -OCH3 is 2. The molecule has 0 saturated carbocycles. The van der Waals surface area contributed by atoms with Gasteiger partial charge >= 0.3 is 0 Å². The van der Waals surface area contributed by atoms with Crippen LogP contribution in [0, 0.1) is 5.82 Å². The fourth-order valence-corrected chi connectivity index (χ4v) is 3.86. The molecule has 2 aromatic carbocycles. The van der Waals surface area contributed by atoms with E-state index in [1.165, 1.54) is 13.2 Å². The molecule has 0 unspecified atom stereocenters. The van der Waals surface area contributed by atoms with Gasteiger partial charge in [-0.05, 0) is 48.4 Å². The van der Waals surface area contributed by atoms with Gasteiger partial charge in [0.05, 0.1) is 25.8 Å². The molecule has 0 bridgehead atoms. The first-order valence-electron chi connectivity index (χ1n) is 10.5. The third-order valence-electron chi connectivity index (χ3n) is 5.27. The molecule has 1 saturated heterocycles. The largest absolute Gasteiger partial charge is 0.494 e. The van der Waals surface area contributed by atoms with Crippen LogP contribution in [0.5, 0.6) is 17.2 Å². The van der Waals surface area contributed by atoms with E-state index in [9.17, 15) is 9.18 Å². The van der Waals surface area contributed by atoms with E-state index >= 15 is 0 Å². The normalized spacial score (nSPS) is 14.6. The summed E-state index contributed by atoms with van der Waals surface area (Å²) in [7, 11) is 3.00. The predicted molar refractivity (Wildman–Crippen MR) is 123 cm³/mol. The van der Waals surface area contributed by atoms with E-state index in [0.717, 1.165) is 24.2 Å². The summed E-state index contributed by atoms with van der Waals surface area (Å²) in [6.45, 7) is 5.62. The Balaban J connectivity index is 1.56. The van der Waals surface area contributed by atoms with Gasteiger partial charge in [-0.1, -0.05) is 17.7 Å². The fraction of sp³-hybridized carbons (Fsp3) is 0.375. The summed E-state index contributed by atoms with van der Waals surface area (Å²) in [5.41, 5.74) is 1.63. The Morgan fingerprint density at radius 1 is 1.09 bits per heavy atom. The second-order valence-electron chi connectivity index (χ2n) is 7.37. The van der Waals surface area contributed by atoms with Crippen molar-refractivity contribution in [3.05, 3.63) is 58.4 Å². The average molecular weight is 463 g/mol. The second kappa shape index (κ2) is 11.2. The smallest absolute Gasteiger partial charge is 0.246 e. The van der Waals surface area contributed by atoms with E-state index < -0.39 is 0 Å². The molecule has 8 heteroatoms. The standard InChI is InChI=1S/C24H28ClFN2O4/c1-4-32-24-19(25)13-17(15-22(24)31-3)6-8-23(29)28-11-9-27(10-12-28)16-18-5-7-21(30-2)20(26)14-18/h5-8,13-15H,4,9-12,16H2,1-3H3/b8-6+. The molecule has 0 N–H and O–H groups in total. The van der Waals surface area contributed by atoms with Crippen LogP contribution in [0.2, 0.25) is 5.02 Å². The van der Waals surface area contributed by atoms with Gasteiger partial charge in [0, 0.05) is 38.8 Å². The Hall–Kier alpha value is -2.77. The van der Waals surface area contributed by atoms with Crippen molar-refractivity contribution in [2.45, 2.75) is 13.5 Å². The summed E-state index contributed by atoms with van der Waals surface area (Å²) in [4.78, 5) is 16.6. The van der Waals surface area contributed by atoms with E-state index in [1.54, 1.807) is 42.4 Å². The SMILES string of the molecule is CCOc1c(Cl)cc(/C=C/C(=O)N2CCN(Cc3ccc(OC)c(F)c3)CC2)cc1OC. The lowest BCUT2D eigenvalue weighted by molar-refractivity contribution is -0.127. The monoisotopic (exact) mass is 462 g/mol. The predicted octanol–water partition coefficient (Wildman–Crippen LogP) is 4.25. The van der Waals surface area contributed by atoms with Crippen LogP contribution in [0.4, 0.5) is 4.39 Å². The first-order chi connectivity index (χ1) is 15.4. The number of piperazine rings is 1. The number of hydrogen-bond donors (Lipinski definition) is 0. The van der Waals surface area contributed by atoms with E-state index in [1.807, 2.05) is 13.0 Å². The molecule has 0 aromatic heterocycles. The fourth-order valence-electron chi connectivity index (χ4n) is 3.59. The first kappa shape index (κ1) is 23.9. The molecule has 0 spiro atoms. The summed E-state index contributed by atoms with van der Waals surface area (Å²) in [6, 6.07) is 8.52. The van der Waals surface area contributed by atoms with Gasteiger partial charge in [-0.15, -0.1) is 0 Å². The molecule has 6 nitrogen and oxygen atoms in total.